The van der Waals surface area contributed by atoms with Crippen molar-refractivity contribution >= 4 is 16.0 Å². The number of sulfonamides is 1. The van der Waals surface area contributed by atoms with Crippen LogP contribution in [-0.4, -0.2) is 53.3 Å². The molecular weight excluding hydrogens is 370 g/mol. The third-order valence-corrected chi connectivity index (χ3v) is 7.04. The normalized spacial score (nSPS) is 21.1. The zero-order valence-corrected chi connectivity index (χ0v) is 16.7. The highest BCUT2D eigenvalue weighted by molar-refractivity contribution is 7.88. The highest BCUT2D eigenvalue weighted by Gasteiger charge is 2.37. The molecular formula is C18H29N3O5S. The highest BCUT2D eigenvalue weighted by atomic mass is 32.2. The van der Waals surface area contributed by atoms with E-state index in [-0.39, 0.29) is 18.3 Å². The van der Waals surface area contributed by atoms with Gasteiger partial charge in [0, 0.05) is 19.0 Å². The molecule has 27 heavy (non-hydrogen) atoms. The number of carboxylic acid groups (broad SMARTS) is 1. The standard InChI is InChI=1S/C18H29N3O5S/c1-27(24,25)21-11-15(12-21)17-19-18(26-20-17)14(10-16(22)23)9-5-8-13-6-3-2-4-7-13/h13-15H,2-12H2,1H3,(H,22,23). The number of hydrogen-bond donors (Lipinski definition) is 1. The van der Waals surface area contributed by atoms with Crippen LogP contribution in [0.15, 0.2) is 4.52 Å². The van der Waals surface area contributed by atoms with Crippen LogP contribution >= 0.6 is 0 Å². The maximum Gasteiger partial charge on any atom is 0.304 e. The second-order valence-corrected chi connectivity index (χ2v) is 9.98. The molecule has 1 saturated carbocycles. The molecule has 1 unspecified atom stereocenters. The molecule has 1 N–H and O–H groups in total. The Hall–Kier alpha value is -1.48. The van der Waals surface area contributed by atoms with Gasteiger partial charge in [0.25, 0.3) is 0 Å². The van der Waals surface area contributed by atoms with E-state index in [2.05, 4.69) is 10.1 Å². The SMILES string of the molecule is CS(=O)(=O)N1CC(c2noc(C(CCCC3CCCCC3)CC(=O)O)n2)C1. The fourth-order valence-corrected chi connectivity index (χ4v) is 5.00. The molecule has 0 bridgehead atoms. The van der Waals surface area contributed by atoms with E-state index in [0.717, 1.165) is 25.2 Å². The highest BCUT2D eigenvalue weighted by Crippen LogP contribution is 2.32. The van der Waals surface area contributed by atoms with Crippen molar-refractivity contribution in [1.82, 2.24) is 14.4 Å². The van der Waals surface area contributed by atoms with Crippen molar-refractivity contribution in [2.75, 3.05) is 19.3 Å². The summed E-state index contributed by atoms with van der Waals surface area (Å²) in [6, 6.07) is 0. The van der Waals surface area contributed by atoms with Gasteiger partial charge in [-0.3, -0.25) is 4.79 Å². The van der Waals surface area contributed by atoms with Crippen molar-refractivity contribution in [3.8, 4) is 0 Å². The van der Waals surface area contributed by atoms with Crippen LogP contribution < -0.4 is 0 Å². The monoisotopic (exact) mass is 399 g/mol. The molecule has 1 aromatic heterocycles. The van der Waals surface area contributed by atoms with Gasteiger partial charge in [0.05, 0.1) is 18.6 Å². The van der Waals surface area contributed by atoms with E-state index in [1.807, 2.05) is 0 Å². The molecule has 0 amide bonds. The Kier molecular flexibility index (Phi) is 6.52. The van der Waals surface area contributed by atoms with Gasteiger partial charge in [0.15, 0.2) is 5.82 Å². The summed E-state index contributed by atoms with van der Waals surface area (Å²) < 4.78 is 29.7. The summed E-state index contributed by atoms with van der Waals surface area (Å²) in [5.41, 5.74) is 0. The minimum atomic E-state index is -3.19. The molecule has 0 radical (unpaired) electrons. The second kappa shape index (κ2) is 8.68. The zero-order valence-electron chi connectivity index (χ0n) is 15.8. The van der Waals surface area contributed by atoms with Crippen molar-refractivity contribution in [2.45, 2.75) is 69.6 Å². The van der Waals surface area contributed by atoms with Crippen LogP contribution in [0.4, 0.5) is 0 Å². The van der Waals surface area contributed by atoms with E-state index >= 15 is 0 Å². The molecule has 2 fully saturated rings. The topological polar surface area (TPSA) is 114 Å². The van der Waals surface area contributed by atoms with E-state index in [1.165, 1.54) is 42.7 Å². The molecule has 1 aliphatic carbocycles. The molecule has 1 atom stereocenters. The van der Waals surface area contributed by atoms with Gasteiger partial charge in [-0.1, -0.05) is 50.1 Å². The van der Waals surface area contributed by atoms with E-state index in [0.29, 0.717) is 24.8 Å². The lowest BCUT2D eigenvalue weighted by molar-refractivity contribution is -0.137. The van der Waals surface area contributed by atoms with Crippen LogP contribution in [-0.2, 0) is 14.8 Å². The summed E-state index contributed by atoms with van der Waals surface area (Å²) >= 11 is 0. The van der Waals surface area contributed by atoms with E-state index in [9.17, 15) is 18.3 Å². The molecule has 2 aliphatic rings. The first-order chi connectivity index (χ1) is 12.8. The Balaban J connectivity index is 1.55. The van der Waals surface area contributed by atoms with Crippen LogP contribution in [0.2, 0.25) is 0 Å². The Morgan fingerprint density at radius 2 is 2.00 bits per heavy atom. The summed E-state index contributed by atoms with van der Waals surface area (Å²) in [4.78, 5) is 15.7. The van der Waals surface area contributed by atoms with Gasteiger partial charge >= 0.3 is 5.97 Å². The first-order valence-corrected chi connectivity index (χ1v) is 11.7. The lowest BCUT2D eigenvalue weighted by atomic mass is 9.84. The molecule has 1 aromatic rings. The lowest BCUT2D eigenvalue weighted by Crippen LogP contribution is -2.48. The van der Waals surface area contributed by atoms with Gasteiger partial charge < -0.3 is 9.63 Å². The Labute approximate surface area is 160 Å². The number of rotatable bonds is 9. The molecule has 0 spiro atoms. The van der Waals surface area contributed by atoms with Gasteiger partial charge in [-0.15, -0.1) is 0 Å². The van der Waals surface area contributed by atoms with Gasteiger partial charge in [-0.25, -0.2) is 12.7 Å². The summed E-state index contributed by atoms with van der Waals surface area (Å²) in [6.07, 6.45) is 10.5. The van der Waals surface area contributed by atoms with Crippen molar-refractivity contribution in [2.24, 2.45) is 5.92 Å². The molecule has 1 aliphatic heterocycles. The Bertz CT molecular complexity index is 736. The number of aromatic nitrogens is 2. The molecule has 0 aromatic carbocycles. The smallest absolute Gasteiger partial charge is 0.304 e. The molecule has 9 heteroatoms. The quantitative estimate of drug-likeness (QED) is 0.679. The first kappa shape index (κ1) is 20.3. The lowest BCUT2D eigenvalue weighted by Gasteiger charge is -2.34. The van der Waals surface area contributed by atoms with E-state index in [4.69, 9.17) is 4.52 Å². The van der Waals surface area contributed by atoms with E-state index < -0.39 is 16.0 Å². The maximum atomic E-state index is 11.5. The fourth-order valence-electron chi connectivity index (χ4n) is 4.10. The average Bonchev–Trinajstić information content (AvgIpc) is 3.01. The number of nitrogens with zero attached hydrogens (tertiary/aromatic N) is 3. The largest absolute Gasteiger partial charge is 0.481 e. The average molecular weight is 400 g/mol. The van der Waals surface area contributed by atoms with Crippen molar-refractivity contribution in [1.29, 1.82) is 0 Å². The zero-order chi connectivity index (χ0) is 19.4. The van der Waals surface area contributed by atoms with Gasteiger partial charge in [0.2, 0.25) is 15.9 Å². The van der Waals surface area contributed by atoms with Gasteiger partial charge in [-0.05, 0) is 12.3 Å². The van der Waals surface area contributed by atoms with Crippen LogP contribution in [0.5, 0.6) is 0 Å². The summed E-state index contributed by atoms with van der Waals surface area (Å²) in [7, 11) is -3.19. The minimum absolute atomic E-state index is 0.0214. The first-order valence-electron chi connectivity index (χ1n) is 9.83. The molecule has 8 nitrogen and oxygen atoms in total. The van der Waals surface area contributed by atoms with Crippen LogP contribution in [0, 0.1) is 5.92 Å². The Morgan fingerprint density at radius 3 is 2.63 bits per heavy atom. The van der Waals surface area contributed by atoms with Crippen LogP contribution in [0.1, 0.15) is 81.3 Å². The summed E-state index contributed by atoms with van der Waals surface area (Å²) in [5.74, 6) is 0.383. The van der Waals surface area contributed by atoms with Gasteiger partial charge in [0.1, 0.15) is 0 Å². The van der Waals surface area contributed by atoms with Gasteiger partial charge in [-0.2, -0.15) is 4.98 Å². The second-order valence-electron chi connectivity index (χ2n) is 8.00. The summed E-state index contributed by atoms with van der Waals surface area (Å²) in [6.45, 7) is 0.701. The molecule has 1 saturated heterocycles. The van der Waals surface area contributed by atoms with Crippen molar-refractivity contribution in [3.63, 3.8) is 0 Å². The Morgan fingerprint density at radius 1 is 1.30 bits per heavy atom. The third kappa shape index (κ3) is 5.51. The number of hydrogen-bond acceptors (Lipinski definition) is 6. The molecule has 2 heterocycles. The molecule has 3 rings (SSSR count). The third-order valence-electron chi connectivity index (χ3n) is 5.80. The molecule has 152 valence electrons. The number of carboxylic acids is 1. The fraction of sp³-hybridized carbons (Fsp3) is 0.833. The number of aliphatic carboxylic acids is 1. The van der Waals surface area contributed by atoms with Crippen molar-refractivity contribution < 1.29 is 22.8 Å². The van der Waals surface area contributed by atoms with Crippen LogP contribution in [0.3, 0.4) is 0 Å². The predicted molar refractivity (Wildman–Crippen MR) is 98.9 cm³/mol. The van der Waals surface area contributed by atoms with Crippen molar-refractivity contribution in [3.05, 3.63) is 11.7 Å². The number of carbonyl (C=O) groups is 1. The predicted octanol–water partition coefficient (Wildman–Crippen LogP) is 2.74. The minimum Gasteiger partial charge on any atom is -0.481 e. The maximum absolute atomic E-state index is 11.5. The van der Waals surface area contributed by atoms with Crippen LogP contribution in [0.25, 0.3) is 0 Å². The summed E-state index contributed by atoms with van der Waals surface area (Å²) in [5, 5.41) is 13.2. The van der Waals surface area contributed by atoms with E-state index in [1.54, 1.807) is 0 Å².